The molecule has 1 aliphatic rings. The van der Waals surface area contributed by atoms with Crippen molar-refractivity contribution in [1.82, 2.24) is 0 Å². The number of amides is 1. The number of methoxy groups -OCH3 is 1. The van der Waals surface area contributed by atoms with Crippen LogP contribution in [0.1, 0.15) is 22.1 Å². The lowest BCUT2D eigenvalue weighted by Gasteiger charge is -2.25. The molecular formula is C18H19NO2S. The molecule has 3 rings (SSSR count). The second-order valence-electron chi connectivity index (χ2n) is 5.55. The van der Waals surface area contributed by atoms with Crippen LogP contribution in [0.4, 0.5) is 5.69 Å². The summed E-state index contributed by atoms with van der Waals surface area (Å²) in [5.41, 5.74) is 4.41. The average molecular weight is 313 g/mol. The molecule has 22 heavy (non-hydrogen) atoms. The van der Waals surface area contributed by atoms with Gasteiger partial charge in [0.1, 0.15) is 11.1 Å². The molecule has 1 atom stereocenters. The second kappa shape index (κ2) is 6.05. The van der Waals surface area contributed by atoms with Gasteiger partial charge in [0.2, 0.25) is 5.91 Å². The monoisotopic (exact) mass is 313 g/mol. The number of hydrogen-bond donors (Lipinski definition) is 0. The standard InChI is InChI=1S/C18H19NO2S/c1-12-7-13(2)9-15(8-12)19-17(20)11-22-18(19)14-5-4-6-16(10-14)21-3/h4-10,18H,11H2,1-3H3/t18-/m1/s1. The molecule has 1 saturated heterocycles. The fourth-order valence-corrected chi connectivity index (χ4v) is 4.00. The lowest BCUT2D eigenvalue weighted by atomic mass is 10.1. The molecule has 4 heteroatoms. The second-order valence-corrected chi connectivity index (χ2v) is 6.62. The smallest absolute Gasteiger partial charge is 0.238 e. The molecule has 1 amide bonds. The van der Waals surface area contributed by atoms with Gasteiger partial charge >= 0.3 is 0 Å². The maximum absolute atomic E-state index is 12.4. The Kier molecular flexibility index (Phi) is 4.12. The topological polar surface area (TPSA) is 29.5 Å². The lowest BCUT2D eigenvalue weighted by molar-refractivity contribution is -0.115. The lowest BCUT2D eigenvalue weighted by Crippen LogP contribution is -2.28. The van der Waals surface area contributed by atoms with E-state index >= 15 is 0 Å². The summed E-state index contributed by atoms with van der Waals surface area (Å²) in [6.07, 6.45) is 0. The number of carbonyl (C=O) groups is 1. The summed E-state index contributed by atoms with van der Waals surface area (Å²) in [6.45, 7) is 4.12. The SMILES string of the molecule is COc1cccc([C@H]2SCC(=O)N2c2cc(C)cc(C)c2)c1. The summed E-state index contributed by atoms with van der Waals surface area (Å²) in [5.74, 6) is 1.48. The third-order valence-electron chi connectivity index (χ3n) is 3.73. The van der Waals surface area contributed by atoms with E-state index in [0.29, 0.717) is 5.75 Å². The van der Waals surface area contributed by atoms with E-state index in [0.717, 1.165) is 17.0 Å². The summed E-state index contributed by atoms with van der Waals surface area (Å²) in [4.78, 5) is 14.3. The highest BCUT2D eigenvalue weighted by atomic mass is 32.2. The molecular weight excluding hydrogens is 294 g/mol. The molecule has 2 aromatic carbocycles. The van der Waals surface area contributed by atoms with Gasteiger partial charge in [-0.3, -0.25) is 9.69 Å². The van der Waals surface area contributed by atoms with E-state index in [-0.39, 0.29) is 11.3 Å². The zero-order valence-electron chi connectivity index (χ0n) is 13.0. The van der Waals surface area contributed by atoms with Gasteiger partial charge in [-0.05, 0) is 54.8 Å². The van der Waals surface area contributed by atoms with Crippen molar-refractivity contribution in [3.8, 4) is 5.75 Å². The van der Waals surface area contributed by atoms with Crippen LogP contribution in [0.3, 0.4) is 0 Å². The normalized spacial score (nSPS) is 17.9. The Balaban J connectivity index is 2.01. The summed E-state index contributed by atoms with van der Waals surface area (Å²) < 4.78 is 5.31. The summed E-state index contributed by atoms with van der Waals surface area (Å²) >= 11 is 1.66. The quantitative estimate of drug-likeness (QED) is 0.855. The highest BCUT2D eigenvalue weighted by Gasteiger charge is 2.34. The molecule has 114 valence electrons. The van der Waals surface area contributed by atoms with Crippen LogP contribution >= 0.6 is 11.8 Å². The zero-order chi connectivity index (χ0) is 15.7. The number of ether oxygens (including phenoxy) is 1. The van der Waals surface area contributed by atoms with E-state index in [1.54, 1.807) is 18.9 Å². The molecule has 0 N–H and O–H groups in total. The predicted molar refractivity (Wildman–Crippen MR) is 91.6 cm³/mol. The number of hydrogen-bond acceptors (Lipinski definition) is 3. The Labute approximate surface area is 135 Å². The van der Waals surface area contributed by atoms with Crippen LogP contribution in [-0.4, -0.2) is 18.8 Å². The van der Waals surface area contributed by atoms with E-state index in [1.165, 1.54) is 11.1 Å². The first-order chi connectivity index (χ1) is 10.6. The highest BCUT2D eigenvalue weighted by Crippen LogP contribution is 2.42. The number of aryl methyl sites for hydroxylation is 2. The number of thioether (sulfide) groups is 1. The van der Waals surface area contributed by atoms with Crippen LogP contribution in [0.5, 0.6) is 5.75 Å². The van der Waals surface area contributed by atoms with E-state index < -0.39 is 0 Å². The van der Waals surface area contributed by atoms with E-state index in [1.807, 2.05) is 23.1 Å². The van der Waals surface area contributed by atoms with Gasteiger partial charge in [-0.2, -0.15) is 0 Å². The van der Waals surface area contributed by atoms with Gasteiger partial charge in [-0.15, -0.1) is 11.8 Å². The minimum Gasteiger partial charge on any atom is -0.497 e. The molecule has 0 aliphatic carbocycles. The highest BCUT2D eigenvalue weighted by molar-refractivity contribution is 8.00. The maximum atomic E-state index is 12.4. The largest absolute Gasteiger partial charge is 0.497 e. The number of anilines is 1. The molecule has 3 nitrogen and oxygen atoms in total. The van der Waals surface area contributed by atoms with Crippen LogP contribution in [0, 0.1) is 13.8 Å². The minimum absolute atomic E-state index is 0.00352. The Hall–Kier alpha value is -1.94. The van der Waals surface area contributed by atoms with Crippen LogP contribution in [0.25, 0.3) is 0 Å². The predicted octanol–water partition coefficient (Wildman–Crippen LogP) is 4.09. The molecule has 1 aliphatic heterocycles. The first-order valence-corrected chi connectivity index (χ1v) is 8.29. The van der Waals surface area contributed by atoms with E-state index in [2.05, 4.69) is 38.1 Å². The van der Waals surface area contributed by atoms with Crippen molar-refractivity contribution in [2.75, 3.05) is 17.8 Å². The van der Waals surface area contributed by atoms with Gasteiger partial charge in [-0.1, -0.05) is 18.2 Å². The first kappa shape index (κ1) is 15.0. The van der Waals surface area contributed by atoms with Gasteiger partial charge < -0.3 is 4.74 Å². The molecule has 0 saturated carbocycles. The molecule has 0 spiro atoms. The molecule has 0 radical (unpaired) electrons. The van der Waals surface area contributed by atoms with Gasteiger partial charge in [0.15, 0.2) is 0 Å². The van der Waals surface area contributed by atoms with Crippen LogP contribution in [-0.2, 0) is 4.79 Å². The third kappa shape index (κ3) is 2.83. The Morgan fingerprint density at radius 1 is 1.14 bits per heavy atom. The number of rotatable bonds is 3. The Morgan fingerprint density at radius 2 is 1.86 bits per heavy atom. The van der Waals surface area contributed by atoms with E-state index in [4.69, 9.17) is 4.74 Å². The summed E-state index contributed by atoms with van der Waals surface area (Å²) in [6, 6.07) is 14.2. The fourth-order valence-electron chi connectivity index (χ4n) is 2.83. The number of nitrogens with zero attached hydrogens (tertiary/aromatic N) is 1. The van der Waals surface area contributed by atoms with Crippen LogP contribution in [0.15, 0.2) is 42.5 Å². The van der Waals surface area contributed by atoms with E-state index in [9.17, 15) is 4.79 Å². The van der Waals surface area contributed by atoms with Gasteiger partial charge in [0, 0.05) is 5.69 Å². The molecule has 2 aromatic rings. The van der Waals surface area contributed by atoms with Crippen molar-refractivity contribution < 1.29 is 9.53 Å². The van der Waals surface area contributed by atoms with Gasteiger partial charge in [0.25, 0.3) is 0 Å². The number of carbonyl (C=O) groups excluding carboxylic acids is 1. The van der Waals surface area contributed by atoms with Gasteiger partial charge in [-0.25, -0.2) is 0 Å². The van der Waals surface area contributed by atoms with Gasteiger partial charge in [0.05, 0.1) is 12.9 Å². The van der Waals surface area contributed by atoms with Crippen LogP contribution < -0.4 is 9.64 Å². The van der Waals surface area contributed by atoms with Crippen molar-refractivity contribution >= 4 is 23.4 Å². The Bertz CT molecular complexity index is 694. The molecule has 0 aromatic heterocycles. The fraction of sp³-hybridized carbons (Fsp3) is 0.278. The number of benzene rings is 2. The maximum Gasteiger partial charge on any atom is 0.238 e. The van der Waals surface area contributed by atoms with Crippen molar-refractivity contribution in [3.63, 3.8) is 0 Å². The van der Waals surface area contributed by atoms with Crippen molar-refractivity contribution in [2.45, 2.75) is 19.2 Å². The summed E-state index contributed by atoms with van der Waals surface area (Å²) in [7, 11) is 1.66. The van der Waals surface area contributed by atoms with Crippen molar-refractivity contribution in [3.05, 3.63) is 59.2 Å². The van der Waals surface area contributed by atoms with Crippen molar-refractivity contribution in [1.29, 1.82) is 0 Å². The molecule has 0 bridgehead atoms. The first-order valence-electron chi connectivity index (χ1n) is 7.24. The minimum atomic E-state index is 0.00352. The third-order valence-corrected chi connectivity index (χ3v) is 4.94. The molecule has 1 fully saturated rings. The van der Waals surface area contributed by atoms with Crippen molar-refractivity contribution in [2.24, 2.45) is 0 Å². The van der Waals surface area contributed by atoms with Crippen LogP contribution in [0.2, 0.25) is 0 Å². The zero-order valence-corrected chi connectivity index (χ0v) is 13.8. The Morgan fingerprint density at radius 3 is 2.55 bits per heavy atom. The summed E-state index contributed by atoms with van der Waals surface area (Å²) in [5, 5.41) is 0.00352. The average Bonchev–Trinajstić information content (AvgIpc) is 2.88. The molecule has 0 unspecified atom stereocenters. The molecule has 1 heterocycles.